The Morgan fingerprint density at radius 1 is 1.31 bits per heavy atom. The van der Waals surface area contributed by atoms with Crippen molar-refractivity contribution in [3.63, 3.8) is 0 Å². The van der Waals surface area contributed by atoms with Crippen LogP contribution in [0.4, 0.5) is 0 Å². The molecule has 0 fully saturated rings. The van der Waals surface area contributed by atoms with Gasteiger partial charge in [0.2, 0.25) is 0 Å². The van der Waals surface area contributed by atoms with Crippen LogP contribution >= 0.6 is 12.6 Å². The molecule has 2 rings (SSSR count). The van der Waals surface area contributed by atoms with Crippen LogP contribution in [-0.2, 0) is 6.54 Å². The molecule has 2 nitrogen and oxygen atoms in total. The van der Waals surface area contributed by atoms with Gasteiger partial charge in [0.1, 0.15) is 0 Å². The molecule has 0 bridgehead atoms. The Balaban J connectivity index is 2.04. The Kier molecular flexibility index (Phi) is 3.88. The van der Waals surface area contributed by atoms with Gasteiger partial charge in [-0.15, -0.1) is 0 Å². The molecular weight excluding hydrogens is 216 g/mol. The van der Waals surface area contributed by atoms with Gasteiger partial charge < -0.3 is 4.57 Å². The van der Waals surface area contributed by atoms with E-state index in [0.29, 0.717) is 0 Å². The molecule has 1 atom stereocenters. The predicted molar refractivity (Wildman–Crippen MR) is 72.0 cm³/mol. The Bertz CT molecular complexity index is 450. The van der Waals surface area contributed by atoms with Crippen LogP contribution in [0.3, 0.4) is 0 Å². The highest BCUT2D eigenvalue weighted by molar-refractivity contribution is 7.80. The summed E-state index contributed by atoms with van der Waals surface area (Å²) in [4.78, 5) is 4.39. The lowest BCUT2D eigenvalue weighted by Crippen LogP contribution is -2.03. The lowest BCUT2D eigenvalue weighted by atomic mass is 10.1. The standard InChI is InChI=1S/C13H18N2S/c1-11(7-9-16)6-8-15-10-14-12-4-2-3-5-13(12)15/h2-5,10-11,16H,6-9H2,1H3. The molecule has 3 heteroatoms. The maximum absolute atomic E-state index is 4.39. The molecule has 0 spiro atoms. The Hall–Kier alpha value is -0.960. The number of benzene rings is 1. The largest absolute Gasteiger partial charge is 0.331 e. The first-order valence-corrected chi connectivity index (χ1v) is 6.45. The highest BCUT2D eigenvalue weighted by Crippen LogP contribution is 2.15. The van der Waals surface area contributed by atoms with E-state index in [1.54, 1.807) is 0 Å². The molecule has 0 aliphatic rings. The number of nitrogens with zero attached hydrogens (tertiary/aromatic N) is 2. The van der Waals surface area contributed by atoms with E-state index in [1.807, 2.05) is 12.4 Å². The van der Waals surface area contributed by atoms with E-state index in [-0.39, 0.29) is 0 Å². The third kappa shape index (κ3) is 2.59. The lowest BCUT2D eigenvalue weighted by Gasteiger charge is -2.10. The van der Waals surface area contributed by atoms with Crippen molar-refractivity contribution in [1.82, 2.24) is 9.55 Å². The Morgan fingerprint density at radius 2 is 2.12 bits per heavy atom. The molecule has 0 N–H and O–H groups in total. The monoisotopic (exact) mass is 234 g/mol. The van der Waals surface area contributed by atoms with Crippen LogP contribution < -0.4 is 0 Å². The van der Waals surface area contributed by atoms with Crippen molar-refractivity contribution in [3.05, 3.63) is 30.6 Å². The minimum Gasteiger partial charge on any atom is -0.331 e. The smallest absolute Gasteiger partial charge is 0.0958 e. The normalized spacial score (nSPS) is 13.1. The van der Waals surface area contributed by atoms with Crippen molar-refractivity contribution in [2.45, 2.75) is 26.3 Å². The van der Waals surface area contributed by atoms with E-state index in [9.17, 15) is 0 Å². The van der Waals surface area contributed by atoms with Crippen LogP contribution in [0.15, 0.2) is 30.6 Å². The quantitative estimate of drug-likeness (QED) is 0.785. The third-order valence-electron chi connectivity index (χ3n) is 3.01. The van der Waals surface area contributed by atoms with Gasteiger partial charge in [-0.2, -0.15) is 12.6 Å². The zero-order valence-corrected chi connectivity index (χ0v) is 10.5. The number of para-hydroxylation sites is 2. The molecule has 0 amide bonds. The Labute approximate surface area is 102 Å². The third-order valence-corrected chi connectivity index (χ3v) is 3.27. The highest BCUT2D eigenvalue weighted by Gasteiger charge is 2.04. The van der Waals surface area contributed by atoms with Crippen molar-refractivity contribution in [2.24, 2.45) is 5.92 Å². The van der Waals surface area contributed by atoms with E-state index in [1.165, 1.54) is 18.4 Å². The number of hydrogen-bond donors (Lipinski definition) is 1. The molecule has 1 heterocycles. The first-order valence-electron chi connectivity index (χ1n) is 5.82. The van der Waals surface area contributed by atoms with Crippen LogP contribution in [0.5, 0.6) is 0 Å². The molecule has 0 aliphatic carbocycles. The number of rotatable bonds is 5. The number of fused-ring (bicyclic) bond motifs is 1. The van der Waals surface area contributed by atoms with Crippen molar-refractivity contribution in [1.29, 1.82) is 0 Å². The van der Waals surface area contributed by atoms with Crippen LogP contribution in [0.1, 0.15) is 19.8 Å². The highest BCUT2D eigenvalue weighted by atomic mass is 32.1. The average molecular weight is 234 g/mol. The SMILES string of the molecule is CC(CCS)CCn1cnc2ccccc21. The van der Waals surface area contributed by atoms with Gasteiger partial charge in [0.25, 0.3) is 0 Å². The summed E-state index contributed by atoms with van der Waals surface area (Å²) >= 11 is 4.27. The number of thiol groups is 1. The van der Waals surface area contributed by atoms with Crippen LogP contribution in [0, 0.1) is 5.92 Å². The molecule has 2 aromatic rings. The summed E-state index contributed by atoms with van der Waals surface area (Å²) in [6, 6.07) is 8.29. The van der Waals surface area contributed by atoms with Gasteiger partial charge in [0.05, 0.1) is 17.4 Å². The average Bonchev–Trinajstić information content (AvgIpc) is 2.70. The van der Waals surface area contributed by atoms with Gasteiger partial charge in [-0.25, -0.2) is 4.98 Å². The maximum Gasteiger partial charge on any atom is 0.0958 e. The molecule has 86 valence electrons. The molecule has 1 unspecified atom stereocenters. The van der Waals surface area contributed by atoms with Gasteiger partial charge >= 0.3 is 0 Å². The number of hydrogen-bond acceptors (Lipinski definition) is 2. The van der Waals surface area contributed by atoms with Gasteiger partial charge in [-0.3, -0.25) is 0 Å². The molecule has 0 radical (unpaired) electrons. The molecular formula is C13H18N2S. The van der Waals surface area contributed by atoms with E-state index >= 15 is 0 Å². The summed E-state index contributed by atoms with van der Waals surface area (Å²) in [7, 11) is 0. The van der Waals surface area contributed by atoms with Gasteiger partial charge in [0, 0.05) is 6.54 Å². The number of aryl methyl sites for hydroxylation is 1. The van der Waals surface area contributed by atoms with Crippen LogP contribution in [0.2, 0.25) is 0 Å². The lowest BCUT2D eigenvalue weighted by molar-refractivity contribution is 0.476. The van der Waals surface area contributed by atoms with Crippen molar-refractivity contribution in [2.75, 3.05) is 5.75 Å². The molecule has 0 aliphatic heterocycles. The molecule has 1 aromatic carbocycles. The molecule has 0 saturated carbocycles. The van der Waals surface area contributed by atoms with E-state index in [0.717, 1.165) is 23.7 Å². The minimum atomic E-state index is 0.735. The van der Waals surface area contributed by atoms with E-state index in [4.69, 9.17) is 0 Å². The van der Waals surface area contributed by atoms with Crippen molar-refractivity contribution < 1.29 is 0 Å². The first-order chi connectivity index (χ1) is 7.81. The molecule has 1 aromatic heterocycles. The predicted octanol–water partition coefficient (Wildman–Crippen LogP) is 3.38. The molecule has 0 saturated heterocycles. The second-order valence-corrected chi connectivity index (χ2v) is 4.78. The summed E-state index contributed by atoms with van der Waals surface area (Å²) in [6.07, 6.45) is 4.33. The fraction of sp³-hybridized carbons (Fsp3) is 0.462. The van der Waals surface area contributed by atoms with Crippen LogP contribution in [-0.4, -0.2) is 15.3 Å². The second-order valence-electron chi connectivity index (χ2n) is 4.33. The second kappa shape index (κ2) is 5.39. The Morgan fingerprint density at radius 3 is 2.94 bits per heavy atom. The summed E-state index contributed by atoms with van der Waals surface area (Å²) in [5.41, 5.74) is 2.32. The zero-order valence-electron chi connectivity index (χ0n) is 9.63. The first kappa shape index (κ1) is 11.5. The van der Waals surface area contributed by atoms with Gasteiger partial charge in [-0.05, 0) is 36.6 Å². The summed E-state index contributed by atoms with van der Waals surface area (Å²) in [5, 5.41) is 0. The maximum atomic E-state index is 4.39. The van der Waals surface area contributed by atoms with Crippen molar-refractivity contribution >= 4 is 23.7 Å². The van der Waals surface area contributed by atoms with E-state index in [2.05, 4.69) is 47.3 Å². The fourth-order valence-electron chi connectivity index (χ4n) is 1.91. The topological polar surface area (TPSA) is 17.8 Å². The molecule has 16 heavy (non-hydrogen) atoms. The minimum absolute atomic E-state index is 0.735. The zero-order chi connectivity index (χ0) is 11.4. The summed E-state index contributed by atoms with van der Waals surface area (Å²) in [5.74, 6) is 1.71. The van der Waals surface area contributed by atoms with Gasteiger partial charge in [-0.1, -0.05) is 19.1 Å². The number of imidazole rings is 1. The summed E-state index contributed by atoms with van der Waals surface area (Å²) < 4.78 is 2.24. The fourth-order valence-corrected chi connectivity index (χ4v) is 2.35. The number of aromatic nitrogens is 2. The van der Waals surface area contributed by atoms with Crippen LogP contribution in [0.25, 0.3) is 11.0 Å². The summed E-state index contributed by atoms with van der Waals surface area (Å²) in [6.45, 7) is 3.34. The van der Waals surface area contributed by atoms with Gasteiger partial charge in [0.15, 0.2) is 0 Å². The van der Waals surface area contributed by atoms with E-state index < -0.39 is 0 Å². The van der Waals surface area contributed by atoms with Crippen molar-refractivity contribution in [3.8, 4) is 0 Å².